The van der Waals surface area contributed by atoms with E-state index >= 15 is 0 Å². The molecule has 4 aliphatic rings. The maximum absolute atomic E-state index is 14.4. The van der Waals surface area contributed by atoms with E-state index in [1.54, 1.807) is 0 Å². The zero-order valence-corrected chi connectivity index (χ0v) is 8.84. The molecule has 4 saturated carbocycles. The van der Waals surface area contributed by atoms with Crippen LogP contribution in [0.2, 0.25) is 0 Å². The Morgan fingerprint density at radius 3 is 2.33 bits per heavy atom. The molecule has 3 heteroatoms. The second-order valence-electron chi connectivity index (χ2n) is 6.18. The number of halogens is 1. The second-order valence-corrected chi connectivity index (χ2v) is 6.18. The minimum Gasteiger partial charge on any atom is -0.481 e. The number of hydrogen-bond acceptors (Lipinski definition) is 1. The fourth-order valence-electron chi connectivity index (χ4n) is 4.86. The zero-order valence-electron chi connectivity index (χ0n) is 8.84. The molecular weight excluding hydrogens is 195 g/mol. The van der Waals surface area contributed by atoms with E-state index in [0.29, 0.717) is 31.1 Å². The molecule has 15 heavy (non-hydrogen) atoms. The van der Waals surface area contributed by atoms with Gasteiger partial charge in [-0.25, -0.2) is 4.39 Å². The van der Waals surface area contributed by atoms with Crippen LogP contribution in [0.3, 0.4) is 0 Å². The van der Waals surface area contributed by atoms with Crippen LogP contribution in [0.15, 0.2) is 0 Å². The maximum atomic E-state index is 14.4. The Morgan fingerprint density at radius 1 is 1.27 bits per heavy atom. The molecule has 4 bridgehead atoms. The largest absolute Gasteiger partial charge is 0.481 e. The van der Waals surface area contributed by atoms with Crippen LogP contribution < -0.4 is 0 Å². The summed E-state index contributed by atoms with van der Waals surface area (Å²) in [6, 6.07) is 0. The lowest BCUT2D eigenvalue weighted by molar-refractivity contribution is -0.154. The molecule has 1 N–H and O–H groups in total. The number of aliphatic carboxylic acids is 1. The molecule has 84 valence electrons. The number of hydrogen-bond donors (Lipinski definition) is 1. The van der Waals surface area contributed by atoms with Crippen molar-refractivity contribution in [3.05, 3.63) is 0 Å². The van der Waals surface area contributed by atoms with Crippen molar-refractivity contribution in [1.29, 1.82) is 0 Å². The minimum atomic E-state index is -1.01. The molecule has 2 nitrogen and oxygen atoms in total. The number of carboxylic acid groups (broad SMARTS) is 1. The molecule has 0 aromatic carbocycles. The summed E-state index contributed by atoms with van der Waals surface area (Å²) in [5.41, 5.74) is -1.20. The van der Waals surface area contributed by atoms with Gasteiger partial charge >= 0.3 is 5.97 Å². The number of alkyl halides is 1. The van der Waals surface area contributed by atoms with Crippen LogP contribution in [0.4, 0.5) is 4.39 Å². The molecule has 0 spiro atoms. The van der Waals surface area contributed by atoms with Gasteiger partial charge in [0, 0.05) is 0 Å². The van der Waals surface area contributed by atoms with E-state index in [2.05, 4.69) is 0 Å². The molecule has 0 aromatic heterocycles. The van der Waals surface area contributed by atoms with Crippen LogP contribution in [0.25, 0.3) is 0 Å². The Bertz CT molecular complexity index is 299. The summed E-state index contributed by atoms with van der Waals surface area (Å²) in [5.74, 6) is 0.187. The van der Waals surface area contributed by atoms with Gasteiger partial charge in [0.1, 0.15) is 5.67 Å². The van der Waals surface area contributed by atoms with Crippen molar-refractivity contribution in [3.63, 3.8) is 0 Å². The molecular formula is C12H17FO2. The third kappa shape index (κ3) is 1.47. The van der Waals surface area contributed by atoms with E-state index in [0.717, 1.165) is 19.3 Å². The summed E-state index contributed by atoms with van der Waals surface area (Å²) < 4.78 is 14.4. The van der Waals surface area contributed by atoms with Gasteiger partial charge in [-0.2, -0.15) is 0 Å². The van der Waals surface area contributed by atoms with Crippen LogP contribution in [0.5, 0.6) is 0 Å². The highest BCUT2D eigenvalue weighted by molar-refractivity contribution is 5.67. The summed E-state index contributed by atoms with van der Waals surface area (Å²) >= 11 is 0. The molecule has 0 amide bonds. The van der Waals surface area contributed by atoms with Crippen molar-refractivity contribution >= 4 is 5.97 Å². The van der Waals surface area contributed by atoms with Crippen LogP contribution in [-0.4, -0.2) is 16.7 Å². The second kappa shape index (κ2) is 2.74. The Balaban J connectivity index is 1.89. The summed E-state index contributed by atoms with van der Waals surface area (Å²) in [6.07, 6.45) is 5.16. The van der Waals surface area contributed by atoms with Crippen molar-refractivity contribution in [3.8, 4) is 0 Å². The molecule has 4 aliphatic carbocycles. The molecule has 0 saturated heterocycles. The zero-order chi connectivity index (χ0) is 10.7. The third-order valence-electron chi connectivity index (χ3n) is 4.64. The van der Waals surface area contributed by atoms with Crippen LogP contribution in [0, 0.1) is 17.3 Å². The highest BCUT2D eigenvalue weighted by Crippen LogP contribution is 2.64. The number of carbonyl (C=O) groups is 1. The molecule has 0 aliphatic heterocycles. The van der Waals surface area contributed by atoms with Gasteiger partial charge in [-0.3, -0.25) is 4.79 Å². The fourth-order valence-corrected chi connectivity index (χ4v) is 4.86. The van der Waals surface area contributed by atoms with Gasteiger partial charge in [-0.1, -0.05) is 0 Å². The van der Waals surface area contributed by atoms with E-state index < -0.39 is 11.6 Å². The molecule has 4 fully saturated rings. The standard InChI is InChI=1S/C12H17FO2/c13-12-4-8-1-9(5-12)3-11(2-8,7-12)6-10(14)15/h8-9H,1-7H2,(H,14,15)/t8-,9-,11?,12?/m0/s1. The Labute approximate surface area is 88.9 Å². The molecule has 2 atom stereocenters. The maximum Gasteiger partial charge on any atom is 0.303 e. The van der Waals surface area contributed by atoms with E-state index in [9.17, 15) is 9.18 Å². The first-order valence-corrected chi connectivity index (χ1v) is 5.89. The van der Waals surface area contributed by atoms with E-state index in [-0.39, 0.29) is 11.8 Å². The van der Waals surface area contributed by atoms with Crippen molar-refractivity contribution in [2.45, 2.75) is 50.6 Å². The van der Waals surface area contributed by atoms with Gasteiger partial charge in [0.15, 0.2) is 0 Å². The summed E-state index contributed by atoms with van der Waals surface area (Å²) in [6.45, 7) is 0. The van der Waals surface area contributed by atoms with Gasteiger partial charge in [0.2, 0.25) is 0 Å². The first-order valence-electron chi connectivity index (χ1n) is 5.89. The van der Waals surface area contributed by atoms with Gasteiger partial charge in [0.25, 0.3) is 0 Å². The fraction of sp³-hybridized carbons (Fsp3) is 0.917. The normalized spacial score (nSPS) is 52.1. The molecule has 4 rings (SSSR count). The minimum absolute atomic E-state index is 0.186. The highest BCUT2D eigenvalue weighted by Gasteiger charge is 2.58. The number of rotatable bonds is 2. The lowest BCUT2D eigenvalue weighted by atomic mass is 9.48. The number of carboxylic acids is 1. The first kappa shape index (κ1) is 9.61. The summed E-state index contributed by atoms with van der Waals surface area (Å²) in [4.78, 5) is 10.9. The Kier molecular flexibility index (Phi) is 1.76. The predicted octanol–water partition coefficient (Wildman–Crippen LogP) is 2.77. The van der Waals surface area contributed by atoms with Crippen LogP contribution in [-0.2, 0) is 4.79 Å². The van der Waals surface area contributed by atoms with E-state index in [1.165, 1.54) is 0 Å². The smallest absolute Gasteiger partial charge is 0.303 e. The monoisotopic (exact) mass is 212 g/mol. The summed E-state index contributed by atoms with van der Waals surface area (Å²) in [5, 5.41) is 8.93. The average Bonchev–Trinajstić information content (AvgIpc) is 1.94. The lowest BCUT2D eigenvalue weighted by Crippen LogP contribution is -2.54. The molecule has 0 aromatic rings. The van der Waals surface area contributed by atoms with Crippen LogP contribution >= 0.6 is 0 Å². The average molecular weight is 212 g/mol. The lowest BCUT2D eigenvalue weighted by Gasteiger charge is -2.58. The third-order valence-corrected chi connectivity index (χ3v) is 4.64. The first-order chi connectivity index (χ1) is 6.99. The predicted molar refractivity (Wildman–Crippen MR) is 53.2 cm³/mol. The van der Waals surface area contributed by atoms with Crippen molar-refractivity contribution < 1.29 is 14.3 Å². The van der Waals surface area contributed by atoms with Gasteiger partial charge in [-0.05, 0) is 55.8 Å². The molecule has 0 unspecified atom stereocenters. The topological polar surface area (TPSA) is 37.3 Å². The summed E-state index contributed by atoms with van der Waals surface area (Å²) in [7, 11) is 0. The van der Waals surface area contributed by atoms with E-state index in [4.69, 9.17) is 5.11 Å². The Hall–Kier alpha value is -0.600. The van der Waals surface area contributed by atoms with Crippen LogP contribution in [0.1, 0.15) is 44.9 Å². The molecule has 0 heterocycles. The SMILES string of the molecule is O=C(O)CC12C[C@@H]3C[C@H](CC(F)(C3)C1)C2. The quantitative estimate of drug-likeness (QED) is 0.764. The van der Waals surface area contributed by atoms with Crippen molar-refractivity contribution in [1.82, 2.24) is 0 Å². The van der Waals surface area contributed by atoms with Crippen molar-refractivity contribution in [2.24, 2.45) is 17.3 Å². The van der Waals surface area contributed by atoms with E-state index in [1.807, 2.05) is 0 Å². The highest BCUT2D eigenvalue weighted by atomic mass is 19.1. The van der Waals surface area contributed by atoms with Crippen molar-refractivity contribution in [2.75, 3.05) is 0 Å². The van der Waals surface area contributed by atoms with Gasteiger partial charge in [0.05, 0.1) is 6.42 Å². The van der Waals surface area contributed by atoms with Gasteiger partial charge < -0.3 is 5.11 Å². The van der Waals surface area contributed by atoms with Gasteiger partial charge in [-0.15, -0.1) is 0 Å². The Morgan fingerprint density at radius 2 is 1.87 bits per heavy atom. The molecule has 0 radical (unpaired) electrons.